The smallest absolute Gasteiger partial charge is 0.872 e. The maximum atomic E-state index is 12.7. The molecule has 0 amide bonds. The minimum atomic E-state index is -0.417. The minimum Gasteiger partial charge on any atom is -0.872 e. The van der Waals surface area contributed by atoms with E-state index in [0.717, 1.165) is 59.6 Å². The zero-order valence-electron chi connectivity index (χ0n) is 25.3. The van der Waals surface area contributed by atoms with Gasteiger partial charge in [0, 0.05) is 25.2 Å². The molecule has 0 aromatic heterocycles. The minimum absolute atomic E-state index is 0. The van der Waals surface area contributed by atoms with Gasteiger partial charge in [0.25, 0.3) is 0 Å². The Morgan fingerprint density at radius 3 is 1.28 bits per heavy atom. The standard InChI is InChI=1S/C26H36N2O2.2C3H7O.Zr/c1-17-11-19(3)25(29)21(13-17)15-27-9-5-7-23(27)24-8-6-10-28(24)16-22-14-18(2)12-20(4)26(22)30;2*1-3(2)4;/h11-14,23-24,29-30H,5-10,15-16H2,1-4H3;2*3H,1-2H3;/q;2*-1;+4/p-2/t23-,24-;;;/m0.../s1. The Morgan fingerprint density at radius 1 is 0.667 bits per heavy atom. The zero-order chi connectivity index (χ0) is 28.6. The second kappa shape index (κ2) is 16.9. The van der Waals surface area contributed by atoms with Gasteiger partial charge in [0.2, 0.25) is 0 Å². The first-order valence-corrected chi connectivity index (χ1v) is 14.1. The molecule has 214 valence electrons. The van der Waals surface area contributed by atoms with Crippen molar-refractivity contribution in [3.8, 4) is 11.5 Å². The van der Waals surface area contributed by atoms with Crippen LogP contribution in [0.2, 0.25) is 0 Å². The molecule has 2 heterocycles. The molecule has 0 saturated carbocycles. The molecule has 0 radical (unpaired) electrons. The molecular formula is C32H48N2O4Zr. The number of rotatable bonds is 5. The van der Waals surface area contributed by atoms with Crippen LogP contribution in [0.1, 0.15) is 86.8 Å². The van der Waals surface area contributed by atoms with Crippen LogP contribution in [0.3, 0.4) is 0 Å². The maximum absolute atomic E-state index is 12.7. The number of hydrogen-bond donors (Lipinski definition) is 0. The number of likely N-dealkylation sites (tertiary alicyclic amines) is 2. The zero-order valence-corrected chi connectivity index (χ0v) is 27.8. The van der Waals surface area contributed by atoms with Gasteiger partial charge < -0.3 is 20.4 Å². The number of nitrogens with zero attached hydrogens (tertiary/aromatic N) is 2. The van der Waals surface area contributed by atoms with Crippen molar-refractivity contribution in [2.45, 2.75) is 118 Å². The Morgan fingerprint density at radius 2 is 0.974 bits per heavy atom. The second-order valence-electron chi connectivity index (χ2n) is 11.6. The summed E-state index contributed by atoms with van der Waals surface area (Å²) in [6, 6.07) is 9.03. The van der Waals surface area contributed by atoms with E-state index in [1.807, 2.05) is 26.0 Å². The molecule has 0 aliphatic carbocycles. The van der Waals surface area contributed by atoms with E-state index in [-0.39, 0.29) is 37.7 Å². The van der Waals surface area contributed by atoms with Crippen LogP contribution >= 0.6 is 0 Å². The van der Waals surface area contributed by atoms with E-state index < -0.39 is 12.2 Å². The topological polar surface area (TPSA) is 98.7 Å². The third-order valence-corrected chi connectivity index (χ3v) is 7.01. The molecule has 6 nitrogen and oxygen atoms in total. The molecule has 2 aliphatic rings. The van der Waals surface area contributed by atoms with Gasteiger partial charge in [-0.2, -0.15) is 0 Å². The summed E-state index contributed by atoms with van der Waals surface area (Å²) in [6.07, 6.45) is 3.89. The van der Waals surface area contributed by atoms with Crippen molar-refractivity contribution in [3.63, 3.8) is 0 Å². The Labute approximate surface area is 256 Å². The van der Waals surface area contributed by atoms with Crippen LogP contribution in [0.5, 0.6) is 11.5 Å². The van der Waals surface area contributed by atoms with Gasteiger partial charge in [-0.3, -0.25) is 9.80 Å². The Bertz CT molecular complexity index is 941. The molecule has 2 atom stereocenters. The van der Waals surface area contributed by atoms with Gasteiger partial charge in [-0.15, -0.1) is 23.7 Å². The van der Waals surface area contributed by atoms with Gasteiger partial charge in [0.05, 0.1) is 0 Å². The fourth-order valence-electron chi connectivity index (χ4n) is 5.73. The summed E-state index contributed by atoms with van der Waals surface area (Å²) in [6.45, 7) is 18.0. The van der Waals surface area contributed by atoms with Gasteiger partial charge in [-0.1, -0.05) is 74.2 Å². The largest absolute Gasteiger partial charge is 4.00 e. The van der Waals surface area contributed by atoms with Crippen LogP contribution < -0.4 is 20.4 Å². The van der Waals surface area contributed by atoms with E-state index in [2.05, 4.69) is 35.8 Å². The van der Waals surface area contributed by atoms with Crippen molar-refractivity contribution >= 4 is 0 Å². The molecule has 7 heteroatoms. The SMILES string of the molecule is CC(C)[O-].CC(C)[O-].Cc1cc(C)c([O-])c(CN2CCC[C@H]2[C@@H]2CCCN2Cc2cc(C)cc(C)c2[O-])c1.[Zr+4]. The number of benzene rings is 2. The van der Waals surface area contributed by atoms with Gasteiger partial charge in [-0.25, -0.2) is 0 Å². The van der Waals surface area contributed by atoms with Crippen LogP contribution in [0, 0.1) is 27.7 Å². The first kappa shape index (κ1) is 35.8. The van der Waals surface area contributed by atoms with E-state index in [0.29, 0.717) is 12.1 Å². The van der Waals surface area contributed by atoms with E-state index >= 15 is 0 Å². The molecule has 2 fully saturated rings. The van der Waals surface area contributed by atoms with Crippen LogP contribution in [0.25, 0.3) is 0 Å². The molecule has 2 saturated heterocycles. The van der Waals surface area contributed by atoms with Crippen LogP contribution in [-0.4, -0.2) is 47.2 Å². The molecule has 0 N–H and O–H groups in total. The summed E-state index contributed by atoms with van der Waals surface area (Å²) in [5.74, 6) is 0.390. The van der Waals surface area contributed by atoms with Crippen molar-refractivity contribution in [3.05, 3.63) is 57.6 Å². The van der Waals surface area contributed by atoms with E-state index in [4.69, 9.17) is 0 Å². The molecule has 0 unspecified atom stereocenters. The second-order valence-corrected chi connectivity index (χ2v) is 11.6. The van der Waals surface area contributed by atoms with E-state index in [9.17, 15) is 20.4 Å². The summed E-state index contributed by atoms with van der Waals surface area (Å²) in [5.41, 5.74) is 5.89. The van der Waals surface area contributed by atoms with Crippen LogP contribution in [-0.2, 0) is 39.3 Å². The number of hydrogen-bond acceptors (Lipinski definition) is 6. The molecular weight excluding hydrogens is 568 g/mol. The average molecular weight is 616 g/mol. The molecule has 0 bridgehead atoms. The third kappa shape index (κ3) is 11.3. The summed E-state index contributed by atoms with van der Waals surface area (Å²) in [7, 11) is 0. The fourth-order valence-corrected chi connectivity index (χ4v) is 5.73. The van der Waals surface area contributed by atoms with Gasteiger partial charge in [0.1, 0.15) is 0 Å². The van der Waals surface area contributed by atoms with Crippen molar-refractivity contribution in [1.82, 2.24) is 9.80 Å². The van der Waals surface area contributed by atoms with Crippen molar-refractivity contribution < 1.29 is 46.6 Å². The molecule has 39 heavy (non-hydrogen) atoms. The maximum Gasteiger partial charge on any atom is 4.00 e. The fraction of sp³-hybridized carbons (Fsp3) is 0.625. The molecule has 0 spiro atoms. The van der Waals surface area contributed by atoms with Gasteiger partial charge in [0.15, 0.2) is 0 Å². The van der Waals surface area contributed by atoms with E-state index in [1.54, 1.807) is 27.7 Å². The Hall–Kier alpha value is -1.24. The Balaban J connectivity index is 0.000000748. The van der Waals surface area contributed by atoms with Crippen molar-refractivity contribution in [1.29, 1.82) is 0 Å². The molecule has 2 aromatic carbocycles. The number of aryl methyl sites for hydroxylation is 4. The Kier molecular flexibility index (Phi) is 15.5. The predicted molar refractivity (Wildman–Crippen MR) is 148 cm³/mol. The summed E-state index contributed by atoms with van der Waals surface area (Å²) >= 11 is 0. The summed E-state index contributed by atoms with van der Waals surface area (Å²) in [4.78, 5) is 5.05. The van der Waals surface area contributed by atoms with Gasteiger partial charge >= 0.3 is 26.2 Å². The predicted octanol–water partition coefficient (Wildman–Crippen LogP) is 3.20. The monoisotopic (exact) mass is 614 g/mol. The quantitative estimate of drug-likeness (QED) is 0.513. The first-order chi connectivity index (χ1) is 17.8. The summed E-state index contributed by atoms with van der Waals surface area (Å²) < 4.78 is 0. The van der Waals surface area contributed by atoms with Gasteiger partial charge in [-0.05, 0) is 77.6 Å². The third-order valence-electron chi connectivity index (χ3n) is 7.01. The van der Waals surface area contributed by atoms with Crippen LogP contribution in [0.4, 0.5) is 0 Å². The molecule has 2 aliphatic heterocycles. The van der Waals surface area contributed by atoms with Crippen LogP contribution in [0.15, 0.2) is 24.3 Å². The normalized spacial score (nSPS) is 19.4. The summed E-state index contributed by atoms with van der Waals surface area (Å²) in [5, 5.41) is 44.4. The van der Waals surface area contributed by atoms with E-state index in [1.165, 1.54) is 25.7 Å². The van der Waals surface area contributed by atoms with Crippen molar-refractivity contribution in [2.75, 3.05) is 13.1 Å². The average Bonchev–Trinajstić information content (AvgIpc) is 3.43. The first-order valence-electron chi connectivity index (χ1n) is 14.1. The molecule has 4 rings (SSSR count). The molecule has 2 aromatic rings. The van der Waals surface area contributed by atoms with Crippen molar-refractivity contribution in [2.24, 2.45) is 0 Å².